The third-order valence-corrected chi connectivity index (χ3v) is 4.33. The minimum Gasteiger partial charge on any atom is -0.508 e. The van der Waals surface area contributed by atoms with Crippen LogP contribution in [-0.2, 0) is 12.8 Å². The molecule has 1 unspecified atom stereocenters. The molecule has 0 saturated heterocycles. The maximum absolute atomic E-state index is 9.71. The van der Waals surface area contributed by atoms with Gasteiger partial charge in [0, 0.05) is 6.04 Å². The number of benzene rings is 2. The van der Waals surface area contributed by atoms with Crippen LogP contribution in [-0.4, -0.2) is 11.7 Å². The van der Waals surface area contributed by atoms with Crippen LogP contribution in [0.15, 0.2) is 42.5 Å². The number of phenols is 1. The molecule has 0 aromatic heterocycles. The Labute approximate surface area is 126 Å². The molecule has 2 aromatic carbocycles. The summed E-state index contributed by atoms with van der Waals surface area (Å²) in [5.74, 6) is 0.376. The Morgan fingerprint density at radius 1 is 1.19 bits per heavy atom. The van der Waals surface area contributed by atoms with Crippen molar-refractivity contribution in [3.63, 3.8) is 0 Å². The molecule has 2 nitrogen and oxygen atoms in total. The predicted molar refractivity (Wildman–Crippen MR) is 86.7 cm³/mol. The molecule has 1 atom stereocenters. The van der Waals surface area contributed by atoms with Crippen molar-refractivity contribution in [2.24, 2.45) is 0 Å². The smallest absolute Gasteiger partial charge is 0.115 e. The van der Waals surface area contributed by atoms with Gasteiger partial charge in [-0.3, -0.25) is 0 Å². The molecule has 0 heterocycles. The van der Waals surface area contributed by atoms with Gasteiger partial charge in [0.05, 0.1) is 0 Å². The van der Waals surface area contributed by atoms with Crippen LogP contribution in [0.1, 0.15) is 41.1 Å². The first-order valence-electron chi connectivity index (χ1n) is 7.83. The van der Waals surface area contributed by atoms with Crippen LogP contribution in [0.3, 0.4) is 0 Å². The highest BCUT2D eigenvalue weighted by Crippen LogP contribution is 2.32. The van der Waals surface area contributed by atoms with Crippen LogP contribution < -0.4 is 5.32 Å². The van der Waals surface area contributed by atoms with Gasteiger partial charge in [-0.15, -0.1) is 0 Å². The molecule has 3 rings (SSSR count). The molecule has 0 saturated carbocycles. The summed E-state index contributed by atoms with van der Waals surface area (Å²) in [4.78, 5) is 0. The van der Waals surface area contributed by atoms with Gasteiger partial charge < -0.3 is 10.4 Å². The summed E-state index contributed by atoms with van der Waals surface area (Å²) in [6.07, 6.45) is 4.56. The molecule has 21 heavy (non-hydrogen) atoms. The van der Waals surface area contributed by atoms with Gasteiger partial charge in [0.25, 0.3) is 0 Å². The lowest BCUT2D eigenvalue weighted by Crippen LogP contribution is -2.27. The molecule has 0 spiro atoms. The second kappa shape index (κ2) is 6.31. The number of aryl methyl sites for hydroxylation is 2. The van der Waals surface area contributed by atoms with Gasteiger partial charge in [0.1, 0.15) is 5.75 Å². The first kappa shape index (κ1) is 14.2. The van der Waals surface area contributed by atoms with E-state index < -0.39 is 0 Å². The fourth-order valence-electron chi connectivity index (χ4n) is 3.26. The van der Waals surface area contributed by atoms with Crippen molar-refractivity contribution in [3.05, 3.63) is 64.7 Å². The average Bonchev–Trinajstić information content (AvgIpc) is 2.48. The maximum Gasteiger partial charge on any atom is 0.115 e. The maximum atomic E-state index is 9.71. The summed E-state index contributed by atoms with van der Waals surface area (Å²) in [6.45, 7) is 3.11. The molecule has 0 radical (unpaired) electrons. The van der Waals surface area contributed by atoms with E-state index in [2.05, 4.69) is 42.6 Å². The standard InChI is InChI=1S/C19H23NO/c1-14-4-2-5-15(12-14)10-11-20-19-7-3-6-16-8-9-17(21)13-18(16)19/h2,4-5,8-9,12-13,19-21H,3,6-7,10-11H2,1H3. The first-order chi connectivity index (χ1) is 10.2. The SMILES string of the molecule is Cc1cccc(CCNC2CCCc3ccc(O)cc32)c1. The van der Waals surface area contributed by atoms with Crippen molar-refractivity contribution in [2.45, 2.75) is 38.6 Å². The zero-order chi connectivity index (χ0) is 14.7. The first-order valence-corrected chi connectivity index (χ1v) is 7.83. The van der Waals surface area contributed by atoms with E-state index in [0.29, 0.717) is 11.8 Å². The Balaban J connectivity index is 1.63. The molecule has 2 heteroatoms. The van der Waals surface area contributed by atoms with Crippen LogP contribution in [0.4, 0.5) is 0 Å². The van der Waals surface area contributed by atoms with E-state index in [-0.39, 0.29) is 0 Å². The van der Waals surface area contributed by atoms with Gasteiger partial charge in [-0.1, -0.05) is 35.9 Å². The van der Waals surface area contributed by atoms with Crippen molar-refractivity contribution in [1.82, 2.24) is 5.32 Å². The highest BCUT2D eigenvalue weighted by atomic mass is 16.3. The molecular formula is C19H23NO. The Hall–Kier alpha value is -1.80. The summed E-state index contributed by atoms with van der Waals surface area (Å²) in [7, 11) is 0. The molecule has 2 aromatic rings. The van der Waals surface area contributed by atoms with E-state index in [0.717, 1.165) is 25.8 Å². The molecule has 0 bridgehead atoms. The van der Waals surface area contributed by atoms with Gasteiger partial charge in [0.15, 0.2) is 0 Å². The van der Waals surface area contributed by atoms with Crippen LogP contribution in [0.5, 0.6) is 5.75 Å². The lowest BCUT2D eigenvalue weighted by atomic mass is 9.87. The molecule has 110 valence electrons. The summed E-state index contributed by atoms with van der Waals surface area (Å²) in [5, 5.41) is 13.4. The molecule has 1 aliphatic carbocycles. The monoisotopic (exact) mass is 281 g/mol. The van der Waals surface area contributed by atoms with E-state index in [1.165, 1.54) is 28.7 Å². The van der Waals surface area contributed by atoms with Crippen LogP contribution in [0, 0.1) is 6.92 Å². The number of hydrogen-bond donors (Lipinski definition) is 2. The van der Waals surface area contributed by atoms with Crippen molar-refractivity contribution in [2.75, 3.05) is 6.54 Å². The van der Waals surface area contributed by atoms with E-state index in [1.54, 1.807) is 6.07 Å². The molecule has 0 fully saturated rings. The largest absolute Gasteiger partial charge is 0.508 e. The van der Waals surface area contributed by atoms with E-state index in [9.17, 15) is 5.11 Å². The lowest BCUT2D eigenvalue weighted by molar-refractivity contribution is 0.448. The minimum absolute atomic E-state index is 0.376. The summed E-state index contributed by atoms with van der Waals surface area (Å²) < 4.78 is 0. The quantitative estimate of drug-likeness (QED) is 0.890. The van der Waals surface area contributed by atoms with Crippen molar-refractivity contribution in [3.8, 4) is 5.75 Å². The van der Waals surface area contributed by atoms with Gasteiger partial charge >= 0.3 is 0 Å². The predicted octanol–water partition coefficient (Wildman–Crippen LogP) is 3.91. The zero-order valence-electron chi connectivity index (χ0n) is 12.6. The van der Waals surface area contributed by atoms with E-state index in [1.807, 2.05) is 6.07 Å². The number of nitrogens with one attached hydrogen (secondary N) is 1. The fourth-order valence-corrected chi connectivity index (χ4v) is 3.26. The number of phenolic OH excluding ortho intramolecular Hbond substituents is 1. The number of hydrogen-bond acceptors (Lipinski definition) is 2. The molecule has 0 amide bonds. The third-order valence-electron chi connectivity index (χ3n) is 4.33. The second-order valence-corrected chi connectivity index (χ2v) is 6.02. The van der Waals surface area contributed by atoms with Gasteiger partial charge in [0.2, 0.25) is 0 Å². The van der Waals surface area contributed by atoms with Crippen molar-refractivity contribution in [1.29, 1.82) is 0 Å². The van der Waals surface area contributed by atoms with Crippen molar-refractivity contribution >= 4 is 0 Å². The highest BCUT2D eigenvalue weighted by molar-refractivity contribution is 5.38. The highest BCUT2D eigenvalue weighted by Gasteiger charge is 2.19. The molecule has 0 aliphatic heterocycles. The molecule has 2 N–H and O–H groups in total. The third kappa shape index (κ3) is 3.45. The Morgan fingerprint density at radius 3 is 2.95 bits per heavy atom. The normalized spacial score (nSPS) is 17.5. The van der Waals surface area contributed by atoms with Gasteiger partial charge in [-0.25, -0.2) is 0 Å². The lowest BCUT2D eigenvalue weighted by Gasteiger charge is -2.26. The number of rotatable bonds is 4. The van der Waals surface area contributed by atoms with E-state index >= 15 is 0 Å². The summed E-state index contributed by atoms with van der Waals surface area (Å²) in [5.41, 5.74) is 5.37. The molecular weight excluding hydrogens is 258 g/mol. The topological polar surface area (TPSA) is 32.3 Å². The Morgan fingerprint density at radius 2 is 2.10 bits per heavy atom. The fraction of sp³-hybridized carbons (Fsp3) is 0.368. The Kier molecular flexibility index (Phi) is 4.26. The Bertz CT molecular complexity index is 621. The van der Waals surface area contributed by atoms with Crippen LogP contribution in [0.2, 0.25) is 0 Å². The zero-order valence-corrected chi connectivity index (χ0v) is 12.6. The summed E-state index contributed by atoms with van der Waals surface area (Å²) in [6, 6.07) is 14.9. The second-order valence-electron chi connectivity index (χ2n) is 6.02. The number of fused-ring (bicyclic) bond motifs is 1. The minimum atomic E-state index is 0.376. The molecule has 1 aliphatic rings. The average molecular weight is 281 g/mol. The van der Waals surface area contributed by atoms with Crippen LogP contribution in [0.25, 0.3) is 0 Å². The van der Waals surface area contributed by atoms with Crippen LogP contribution >= 0.6 is 0 Å². The van der Waals surface area contributed by atoms with Crippen molar-refractivity contribution < 1.29 is 5.11 Å². The van der Waals surface area contributed by atoms with E-state index in [4.69, 9.17) is 0 Å². The summed E-state index contributed by atoms with van der Waals surface area (Å²) >= 11 is 0. The van der Waals surface area contributed by atoms with Gasteiger partial charge in [-0.2, -0.15) is 0 Å². The van der Waals surface area contributed by atoms with Gasteiger partial charge in [-0.05, 0) is 68.0 Å². The number of aromatic hydroxyl groups is 1.